The average Bonchev–Trinajstić information content (AvgIpc) is 1.64. The topological polar surface area (TPSA) is 87.2 Å². The van der Waals surface area contributed by atoms with E-state index < -0.39 is 31.7 Å². The van der Waals surface area contributed by atoms with E-state index in [4.69, 9.17) is 34.8 Å². The number of benzene rings is 13. The average molecular weight is 1750 g/mol. The molecule has 4 aromatic heterocycles. The van der Waals surface area contributed by atoms with Gasteiger partial charge in [0.2, 0.25) is 10.6 Å². The molecule has 0 unspecified atom stereocenters. The van der Waals surface area contributed by atoms with Gasteiger partial charge in [-0.25, -0.2) is 24.6 Å². The van der Waals surface area contributed by atoms with E-state index in [0.29, 0.717) is 11.2 Å². The molecule has 0 radical (unpaired) electrons. The number of allylic oxidation sites excluding steroid dienone is 2. The fourth-order valence-electron chi connectivity index (χ4n) is 12.7. The first-order valence-corrected chi connectivity index (χ1v) is 44.7. The molecule has 4 heterocycles. The van der Waals surface area contributed by atoms with E-state index in [0.717, 1.165) is 28.0 Å². The maximum atomic E-state index is 5.86. The smallest absolute Gasteiger partial charge is 0.223 e. The number of nitrogens with zero attached hydrogens (tertiary/aromatic N) is 8. The van der Waals surface area contributed by atoms with E-state index in [2.05, 4.69) is 440 Å². The van der Waals surface area contributed by atoms with Gasteiger partial charge in [0, 0.05) is 50.3 Å². The Balaban J connectivity index is 0.000000135. The first kappa shape index (κ1) is 87.2. The Bertz CT molecular complexity index is 4920. The van der Waals surface area contributed by atoms with Gasteiger partial charge in [-0.1, -0.05) is 394 Å². The third kappa shape index (κ3) is 25.2. The SMILES string of the molecule is CC(C)n1nc(-c2ccnc(Cl)n2)c2ccccc21.Cc1nn(C(C)C)c2c1C=C[C+]=C2.Clc1ccnc(Cl)n1.[Pd].c1ccc(P(c2ccccc2)c2ccccc2)cc1.c1ccc(P(c2ccccc2)c2ccccc2)cc1.c1ccc(P(c2ccccc2)c2ccccc2)cc1.c1ccc(P(c2ccccc2)c2ccccc2)cc1. The summed E-state index contributed by atoms with van der Waals surface area (Å²) in [5.41, 5.74) is 6.19. The molecule has 0 saturated carbocycles. The van der Waals surface area contributed by atoms with Crippen molar-refractivity contribution in [2.75, 3.05) is 0 Å². The summed E-state index contributed by atoms with van der Waals surface area (Å²) >= 11 is 16.6. The van der Waals surface area contributed by atoms with Crippen LogP contribution in [0.5, 0.6) is 0 Å². The number of rotatable bonds is 15. The second kappa shape index (κ2) is 46.3. The first-order chi connectivity index (χ1) is 56.9. The third-order valence-electron chi connectivity index (χ3n) is 18.0. The van der Waals surface area contributed by atoms with Crippen LogP contribution in [0, 0.1) is 13.0 Å². The summed E-state index contributed by atoms with van der Waals surface area (Å²) in [7, 11) is -1.78. The quantitative estimate of drug-likeness (QED) is 0.0334. The van der Waals surface area contributed by atoms with Gasteiger partial charge in [-0.3, -0.25) is 4.68 Å². The van der Waals surface area contributed by atoms with Gasteiger partial charge in [0.25, 0.3) is 0 Å². The van der Waals surface area contributed by atoms with E-state index >= 15 is 0 Å². The van der Waals surface area contributed by atoms with Crippen molar-refractivity contribution in [3.63, 3.8) is 0 Å². The first-order valence-electron chi connectivity index (χ1n) is 38.2. The van der Waals surface area contributed by atoms with Crippen molar-refractivity contribution >= 4 is 153 Å². The predicted molar refractivity (Wildman–Crippen MR) is 503 cm³/mol. The molecular formula is C101H88Cl3N8P4Pd+. The molecular weight excluding hydrogens is 1660 g/mol. The van der Waals surface area contributed by atoms with Crippen molar-refractivity contribution < 1.29 is 20.4 Å². The van der Waals surface area contributed by atoms with Crippen molar-refractivity contribution in [3.05, 3.63) is 458 Å². The summed E-state index contributed by atoms with van der Waals surface area (Å²) in [5.74, 6) is 0. The molecule has 16 heteroatoms. The minimum atomic E-state index is -0.446. The van der Waals surface area contributed by atoms with Crippen LogP contribution in [0.2, 0.25) is 15.7 Å². The summed E-state index contributed by atoms with van der Waals surface area (Å²) in [6, 6.07) is 142. The minimum absolute atomic E-state index is 0. The minimum Gasteiger partial charge on any atom is -0.262 e. The van der Waals surface area contributed by atoms with Crippen molar-refractivity contribution in [2.24, 2.45) is 0 Å². The van der Waals surface area contributed by atoms with Gasteiger partial charge in [0.15, 0.2) is 5.69 Å². The van der Waals surface area contributed by atoms with E-state index in [9.17, 15) is 0 Å². The fourth-order valence-corrected chi connectivity index (χ4v) is 22.4. The van der Waals surface area contributed by atoms with Crippen LogP contribution in [0.15, 0.2) is 419 Å². The van der Waals surface area contributed by atoms with Gasteiger partial charge < -0.3 is 0 Å². The molecule has 0 amide bonds. The van der Waals surface area contributed by atoms with Crippen LogP contribution in [-0.4, -0.2) is 39.5 Å². The molecule has 0 spiro atoms. The van der Waals surface area contributed by atoms with Crippen molar-refractivity contribution in [3.8, 4) is 11.4 Å². The monoisotopic (exact) mass is 1750 g/mol. The Labute approximate surface area is 722 Å². The van der Waals surface area contributed by atoms with Gasteiger partial charge in [-0.2, -0.15) is 10.2 Å². The molecule has 117 heavy (non-hydrogen) atoms. The molecule has 8 nitrogen and oxygen atoms in total. The number of hydrogen-bond acceptors (Lipinski definition) is 6. The van der Waals surface area contributed by atoms with Gasteiger partial charge in [-0.15, -0.1) is 0 Å². The zero-order chi connectivity index (χ0) is 80.5. The Kier molecular flexibility index (Phi) is 34.5. The largest absolute Gasteiger partial charge is 0.262 e. The molecule has 0 aliphatic heterocycles. The zero-order valence-corrected chi connectivity index (χ0v) is 72.9. The number of para-hydroxylation sites is 1. The third-order valence-corrected chi connectivity index (χ3v) is 28.3. The fraction of sp³-hybridized carbons (Fsp3) is 0.0693. The van der Waals surface area contributed by atoms with Crippen LogP contribution in [0.4, 0.5) is 0 Å². The molecule has 17 aromatic rings. The van der Waals surface area contributed by atoms with Gasteiger partial charge >= 0.3 is 0 Å². The molecule has 13 aromatic carbocycles. The number of aromatic nitrogens is 8. The number of fused-ring (bicyclic) bond motifs is 2. The molecule has 1 aliphatic carbocycles. The zero-order valence-electron chi connectivity index (χ0n) is 65.5. The number of aryl methyl sites for hydroxylation is 1. The van der Waals surface area contributed by atoms with Gasteiger partial charge in [-0.05, 0) is 171 Å². The van der Waals surface area contributed by atoms with E-state index in [-0.39, 0.29) is 37.0 Å². The molecule has 582 valence electrons. The summed E-state index contributed by atoms with van der Waals surface area (Å²) < 4.78 is 4.04. The molecule has 0 fully saturated rings. The van der Waals surface area contributed by atoms with Gasteiger partial charge in [0.1, 0.15) is 28.6 Å². The van der Waals surface area contributed by atoms with Crippen molar-refractivity contribution in [1.29, 1.82) is 0 Å². The molecule has 0 bridgehead atoms. The Hall–Kier alpha value is -10.7. The van der Waals surface area contributed by atoms with E-state index in [1.54, 1.807) is 12.3 Å². The predicted octanol–water partition coefficient (Wildman–Crippen LogP) is 21.9. The second-order valence-corrected chi connectivity index (χ2v) is 36.6. The van der Waals surface area contributed by atoms with Crippen LogP contribution in [0.3, 0.4) is 0 Å². The van der Waals surface area contributed by atoms with Crippen LogP contribution in [-0.2, 0) is 20.4 Å². The summed E-state index contributed by atoms with van der Waals surface area (Å²) in [5, 5.41) is 27.8. The van der Waals surface area contributed by atoms with Crippen LogP contribution in [0.1, 0.15) is 56.7 Å². The second-order valence-electron chi connectivity index (χ2n) is 26.7. The van der Waals surface area contributed by atoms with E-state index in [1.165, 1.54) is 81.1 Å². The van der Waals surface area contributed by atoms with Crippen molar-refractivity contribution in [2.45, 2.75) is 46.7 Å². The molecule has 0 saturated heterocycles. The Morgan fingerprint density at radius 3 is 0.829 bits per heavy atom. The number of hydrogen-bond donors (Lipinski definition) is 0. The van der Waals surface area contributed by atoms with Crippen molar-refractivity contribution in [1.82, 2.24) is 39.5 Å². The van der Waals surface area contributed by atoms with Crippen LogP contribution < -0.4 is 63.7 Å². The maximum absolute atomic E-state index is 5.86. The molecule has 1 aliphatic rings. The molecule has 18 rings (SSSR count). The molecule has 0 N–H and O–H groups in total. The summed E-state index contributed by atoms with van der Waals surface area (Å²) in [6.07, 6.45) is 12.2. The standard InChI is InChI=1S/4C18H15P.C14H13ClN4.C11H13N2.C4H2Cl2N2.Pd/c4*1-4-10-16(11-5-1)19(17-12-6-2-7-13-17)18-14-8-3-9-15-18;1-9(2)19-12-6-4-3-5-10(12)13(18-19)11-7-8-16-14(15)17-11;1-8(2)13-11-7-5-4-6-10(11)9(3)12-13;5-3-1-2-7-4(6)8-3;/h4*1-15H;3-9H,1-2H3;4,6-8H,1-3H3;1-2H;/q;;;;;+1;;. The summed E-state index contributed by atoms with van der Waals surface area (Å²) in [6.45, 7) is 10.5. The Morgan fingerprint density at radius 1 is 0.308 bits per heavy atom. The van der Waals surface area contributed by atoms with E-state index in [1.807, 2.05) is 52.7 Å². The summed E-state index contributed by atoms with van der Waals surface area (Å²) in [4.78, 5) is 15.4. The van der Waals surface area contributed by atoms with Crippen LogP contribution >= 0.6 is 66.5 Å². The molecule has 0 atom stereocenters. The normalized spacial score (nSPS) is 10.8. The van der Waals surface area contributed by atoms with Gasteiger partial charge in [0.05, 0.1) is 29.0 Å². The Morgan fingerprint density at radius 2 is 0.573 bits per heavy atom. The number of halogens is 3. The van der Waals surface area contributed by atoms with Crippen LogP contribution in [0.25, 0.3) is 34.4 Å². The maximum Gasteiger partial charge on any atom is 0.223 e.